The van der Waals surface area contributed by atoms with Gasteiger partial charge in [0.2, 0.25) is 0 Å². The molecule has 0 saturated carbocycles. The zero-order valence-corrected chi connectivity index (χ0v) is 13.3. The first kappa shape index (κ1) is 15.4. The number of thiazole rings is 1. The summed E-state index contributed by atoms with van der Waals surface area (Å²) in [6, 6.07) is 3.39. The molecule has 0 aliphatic carbocycles. The Hall–Kier alpha value is -1.99. The molecule has 4 N–H and O–H groups in total. The Morgan fingerprint density at radius 3 is 2.57 bits per heavy atom. The number of carbonyl (C=O) groups excluding carboxylic acids is 1. The van der Waals surface area contributed by atoms with Gasteiger partial charge in [0.1, 0.15) is 5.82 Å². The zero-order chi connectivity index (χ0) is 15.6. The zero-order valence-electron chi connectivity index (χ0n) is 12.5. The van der Waals surface area contributed by atoms with Gasteiger partial charge in [-0.2, -0.15) is 0 Å². The van der Waals surface area contributed by atoms with Crippen LogP contribution in [0.5, 0.6) is 0 Å². The molecule has 0 aromatic carbocycles. The van der Waals surface area contributed by atoms with Crippen molar-refractivity contribution in [1.29, 1.82) is 0 Å². The molecule has 0 saturated heterocycles. The van der Waals surface area contributed by atoms with Crippen LogP contribution in [0.15, 0.2) is 18.3 Å². The summed E-state index contributed by atoms with van der Waals surface area (Å²) < 4.78 is 0. The lowest BCUT2D eigenvalue weighted by Gasteiger charge is -2.19. The van der Waals surface area contributed by atoms with Gasteiger partial charge in [0, 0.05) is 27.7 Å². The van der Waals surface area contributed by atoms with Crippen molar-refractivity contribution in [2.75, 3.05) is 10.7 Å². The summed E-state index contributed by atoms with van der Waals surface area (Å²) in [5.74, 6) is 5.67. The summed E-state index contributed by atoms with van der Waals surface area (Å²) in [5.41, 5.74) is 3.60. The lowest BCUT2D eigenvalue weighted by Crippen LogP contribution is -2.20. The summed E-state index contributed by atoms with van der Waals surface area (Å²) in [4.78, 5) is 21.9. The highest BCUT2D eigenvalue weighted by Crippen LogP contribution is 2.24. The topological polar surface area (TPSA) is 92.9 Å². The maximum atomic E-state index is 12.3. The number of anilines is 2. The maximum absolute atomic E-state index is 12.3. The summed E-state index contributed by atoms with van der Waals surface area (Å²) >= 11 is 1.43. The van der Waals surface area contributed by atoms with Crippen LogP contribution in [0.3, 0.4) is 0 Å². The minimum atomic E-state index is -0.228. The van der Waals surface area contributed by atoms with Crippen LogP contribution in [0.1, 0.15) is 41.7 Å². The van der Waals surface area contributed by atoms with Crippen LogP contribution in [0.2, 0.25) is 0 Å². The average Bonchev–Trinajstić information content (AvgIpc) is 2.82. The number of nitrogens with zero attached hydrogens (tertiary/aromatic N) is 2. The van der Waals surface area contributed by atoms with Crippen LogP contribution >= 0.6 is 11.3 Å². The quantitative estimate of drug-likeness (QED) is 0.599. The number of hydrazine groups is 1. The number of amides is 1. The minimum Gasteiger partial charge on any atom is -0.308 e. The number of rotatable bonds is 3. The molecule has 112 valence electrons. The van der Waals surface area contributed by atoms with Crippen LogP contribution in [0.4, 0.5) is 10.9 Å². The van der Waals surface area contributed by atoms with Crippen LogP contribution in [0, 0.1) is 6.92 Å². The fourth-order valence-corrected chi connectivity index (χ4v) is 2.36. The van der Waals surface area contributed by atoms with Gasteiger partial charge >= 0.3 is 0 Å². The maximum Gasteiger partial charge on any atom is 0.257 e. The molecule has 2 aromatic heterocycles. The molecular weight excluding hydrogens is 286 g/mol. The van der Waals surface area contributed by atoms with Gasteiger partial charge < -0.3 is 5.43 Å². The Balaban J connectivity index is 2.31. The van der Waals surface area contributed by atoms with E-state index in [1.54, 1.807) is 18.3 Å². The number of nitrogens with two attached hydrogens (primary N) is 1. The van der Waals surface area contributed by atoms with Gasteiger partial charge in [-0.1, -0.05) is 20.8 Å². The number of hydrogen-bond acceptors (Lipinski definition) is 6. The van der Waals surface area contributed by atoms with E-state index < -0.39 is 0 Å². The van der Waals surface area contributed by atoms with Crippen LogP contribution in [0.25, 0.3) is 0 Å². The SMILES string of the molecule is Cc1cnc(NC(=O)c2cc(NN)nc(C(C)(C)C)c2)s1. The van der Waals surface area contributed by atoms with E-state index in [4.69, 9.17) is 5.84 Å². The lowest BCUT2D eigenvalue weighted by atomic mass is 9.90. The fourth-order valence-electron chi connectivity index (χ4n) is 1.70. The van der Waals surface area contributed by atoms with Gasteiger partial charge in [-0.3, -0.25) is 10.1 Å². The van der Waals surface area contributed by atoms with Gasteiger partial charge in [0.25, 0.3) is 5.91 Å². The predicted octanol–water partition coefficient (Wildman–Crippen LogP) is 2.68. The summed E-state index contributed by atoms with van der Waals surface area (Å²) in [6.07, 6.45) is 1.72. The fraction of sp³-hybridized carbons (Fsp3) is 0.357. The molecule has 21 heavy (non-hydrogen) atoms. The first-order valence-corrected chi connectivity index (χ1v) is 7.34. The molecule has 2 rings (SSSR count). The van der Waals surface area contributed by atoms with E-state index in [2.05, 4.69) is 20.7 Å². The van der Waals surface area contributed by atoms with Crippen molar-refractivity contribution in [3.63, 3.8) is 0 Å². The van der Waals surface area contributed by atoms with Crippen molar-refractivity contribution < 1.29 is 4.79 Å². The van der Waals surface area contributed by atoms with E-state index >= 15 is 0 Å². The number of pyridine rings is 1. The summed E-state index contributed by atoms with van der Waals surface area (Å²) in [6.45, 7) is 8.03. The third-order valence-corrected chi connectivity index (χ3v) is 3.67. The van der Waals surface area contributed by atoms with Crippen molar-refractivity contribution in [3.05, 3.63) is 34.5 Å². The smallest absolute Gasteiger partial charge is 0.257 e. The monoisotopic (exact) mass is 305 g/mol. The largest absolute Gasteiger partial charge is 0.308 e. The van der Waals surface area contributed by atoms with Gasteiger partial charge in [0.15, 0.2) is 5.13 Å². The van der Waals surface area contributed by atoms with Crippen molar-refractivity contribution in [2.24, 2.45) is 5.84 Å². The number of hydrogen-bond donors (Lipinski definition) is 3. The average molecular weight is 305 g/mol. The van der Waals surface area contributed by atoms with E-state index in [1.165, 1.54) is 11.3 Å². The molecule has 0 aliphatic rings. The molecule has 7 heteroatoms. The Bertz CT molecular complexity index is 660. The number of aromatic nitrogens is 2. The summed E-state index contributed by atoms with van der Waals surface area (Å²) in [5, 5.41) is 3.36. The van der Waals surface area contributed by atoms with Crippen molar-refractivity contribution >= 4 is 28.2 Å². The van der Waals surface area contributed by atoms with Gasteiger partial charge in [0.05, 0.1) is 0 Å². The van der Waals surface area contributed by atoms with E-state index in [0.29, 0.717) is 16.5 Å². The van der Waals surface area contributed by atoms with Crippen LogP contribution in [-0.2, 0) is 5.41 Å². The molecule has 0 bridgehead atoms. The Morgan fingerprint density at radius 2 is 2.05 bits per heavy atom. The summed E-state index contributed by atoms with van der Waals surface area (Å²) in [7, 11) is 0. The Kier molecular flexibility index (Phi) is 4.24. The molecule has 0 fully saturated rings. The van der Waals surface area contributed by atoms with Crippen LogP contribution in [-0.4, -0.2) is 15.9 Å². The first-order chi connectivity index (χ1) is 9.79. The Labute approximate surface area is 127 Å². The number of carbonyl (C=O) groups is 1. The van der Waals surface area contributed by atoms with E-state index in [-0.39, 0.29) is 11.3 Å². The third kappa shape index (κ3) is 3.77. The standard InChI is InChI=1S/C14H19N5OS/c1-8-7-16-13(21-8)18-12(20)9-5-10(14(2,3)4)17-11(6-9)19-15/h5-7H,15H2,1-4H3,(H,17,19)(H,16,18,20). The number of aryl methyl sites for hydroxylation is 1. The first-order valence-electron chi connectivity index (χ1n) is 6.52. The molecule has 0 atom stereocenters. The van der Waals surface area contributed by atoms with Crippen molar-refractivity contribution in [3.8, 4) is 0 Å². The number of nitrogens with one attached hydrogen (secondary N) is 2. The van der Waals surface area contributed by atoms with Crippen molar-refractivity contribution in [2.45, 2.75) is 33.1 Å². The highest BCUT2D eigenvalue weighted by Gasteiger charge is 2.19. The molecule has 0 spiro atoms. The molecule has 0 unspecified atom stereocenters. The molecule has 1 amide bonds. The number of nitrogen functional groups attached to an aromatic ring is 1. The molecular formula is C14H19N5OS. The molecule has 0 radical (unpaired) electrons. The molecule has 2 heterocycles. The molecule has 2 aromatic rings. The van der Waals surface area contributed by atoms with Gasteiger partial charge in [-0.15, -0.1) is 11.3 Å². The van der Waals surface area contributed by atoms with E-state index in [9.17, 15) is 4.79 Å². The third-order valence-electron chi connectivity index (χ3n) is 2.85. The van der Waals surface area contributed by atoms with E-state index in [1.807, 2.05) is 27.7 Å². The lowest BCUT2D eigenvalue weighted by molar-refractivity contribution is 0.102. The Morgan fingerprint density at radius 1 is 1.33 bits per heavy atom. The predicted molar refractivity (Wildman–Crippen MR) is 85.6 cm³/mol. The van der Waals surface area contributed by atoms with Crippen molar-refractivity contribution in [1.82, 2.24) is 9.97 Å². The van der Waals surface area contributed by atoms with E-state index in [0.717, 1.165) is 10.6 Å². The molecule has 0 aliphatic heterocycles. The second-order valence-electron chi connectivity index (χ2n) is 5.75. The van der Waals surface area contributed by atoms with Gasteiger partial charge in [-0.05, 0) is 19.1 Å². The second kappa shape index (κ2) is 5.79. The van der Waals surface area contributed by atoms with Gasteiger partial charge in [-0.25, -0.2) is 15.8 Å². The highest BCUT2D eigenvalue weighted by molar-refractivity contribution is 7.15. The normalized spacial score (nSPS) is 11.3. The second-order valence-corrected chi connectivity index (χ2v) is 6.99. The highest BCUT2D eigenvalue weighted by atomic mass is 32.1. The minimum absolute atomic E-state index is 0.181. The molecule has 6 nitrogen and oxygen atoms in total. The van der Waals surface area contributed by atoms with Crippen LogP contribution < -0.4 is 16.6 Å².